The van der Waals surface area contributed by atoms with E-state index in [2.05, 4.69) is 37.8 Å². The van der Waals surface area contributed by atoms with Crippen molar-refractivity contribution in [3.8, 4) is 11.8 Å². The van der Waals surface area contributed by atoms with Crippen molar-refractivity contribution >= 4 is 7.60 Å². The summed E-state index contributed by atoms with van der Waals surface area (Å²) in [6.07, 6.45) is -0.175. The maximum Gasteiger partial charge on any atom is 0.339 e. The Kier molecular flexibility index (Phi) is 5.41. The Labute approximate surface area is 127 Å². The fourth-order valence-corrected chi connectivity index (χ4v) is 2.15. The number of hydrogen-bond donors (Lipinski definition) is 4. The second kappa shape index (κ2) is 7.29. The molecule has 4 N–H and O–H groups in total. The number of aromatic nitrogens is 4. The van der Waals surface area contributed by atoms with E-state index < -0.39 is 19.9 Å². The van der Waals surface area contributed by atoms with Gasteiger partial charge in [-0.25, -0.2) is 0 Å². The molecule has 2 aromatic rings. The van der Waals surface area contributed by atoms with Crippen LogP contribution in [0.3, 0.4) is 0 Å². The molecule has 0 aliphatic rings. The number of rotatable bonds is 5. The first kappa shape index (κ1) is 16.3. The van der Waals surface area contributed by atoms with Gasteiger partial charge in [0.2, 0.25) is 0 Å². The lowest BCUT2D eigenvalue weighted by atomic mass is 10.1. The first-order valence-corrected chi connectivity index (χ1v) is 8.30. The van der Waals surface area contributed by atoms with Crippen LogP contribution in [0.25, 0.3) is 0 Å². The zero-order chi connectivity index (χ0) is 16.0. The van der Waals surface area contributed by atoms with E-state index in [0.29, 0.717) is 12.2 Å². The van der Waals surface area contributed by atoms with Crippen LogP contribution in [0, 0.1) is 18.8 Å². The van der Waals surface area contributed by atoms with Gasteiger partial charge in [0.25, 0.3) is 0 Å². The average Bonchev–Trinajstić information content (AvgIpc) is 2.97. The fraction of sp³-hybridized carbons (Fsp3) is 0.308. The van der Waals surface area contributed by atoms with Gasteiger partial charge in [-0.3, -0.25) is 9.88 Å². The third-order valence-corrected chi connectivity index (χ3v) is 3.40. The number of nitrogens with one attached hydrogen (secondary N) is 2. The number of benzene rings is 1. The van der Waals surface area contributed by atoms with Crippen molar-refractivity contribution in [2.45, 2.75) is 19.4 Å². The van der Waals surface area contributed by atoms with Gasteiger partial charge < -0.3 is 9.79 Å². The molecule has 1 aromatic heterocycles. The minimum absolute atomic E-state index is 0.299. The maximum absolute atomic E-state index is 11.0. The van der Waals surface area contributed by atoms with Gasteiger partial charge in [-0.1, -0.05) is 34.8 Å². The molecular formula is C13H16N5O3P. The van der Waals surface area contributed by atoms with Gasteiger partial charge in [-0.15, -0.1) is 10.2 Å². The average molecular weight is 321 g/mol. The lowest BCUT2D eigenvalue weighted by Crippen LogP contribution is -2.23. The van der Waals surface area contributed by atoms with Crippen LogP contribution in [0.4, 0.5) is 0 Å². The zero-order valence-corrected chi connectivity index (χ0v) is 12.8. The summed E-state index contributed by atoms with van der Waals surface area (Å²) in [5.74, 6) is 6.26. The standard InChI is InChI=1S/C13H16N5O3P/c1-10-5-7-11(8-6-10)3-2-4-12(13-15-17-18-16-13)14-9-22(19,20)21/h5-8,12,14H,4,9H2,1H3,(H2,19,20,21)(H,15,16,17,18)/t12-/m0/s1. The summed E-state index contributed by atoms with van der Waals surface area (Å²) in [7, 11) is -4.16. The van der Waals surface area contributed by atoms with Gasteiger partial charge in [0.05, 0.1) is 12.3 Å². The molecule has 0 bridgehead atoms. The van der Waals surface area contributed by atoms with Gasteiger partial charge >= 0.3 is 7.60 Å². The Morgan fingerprint density at radius 1 is 1.36 bits per heavy atom. The van der Waals surface area contributed by atoms with Crippen LogP contribution in [0.1, 0.15) is 29.4 Å². The molecule has 0 unspecified atom stereocenters. The minimum atomic E-state index is -4.16. The third kappa shape index (κ3) is 5.39. The third-order valence-electron chi connectivity index (χ3n) is 2.81. The van der Waals surface area contributed by atoms with E-state index in [1.807, 2.05) is 31.2 Å². The van der Waals surface area contributed by atoms with Gasteiger partial charge in [0.1, 0.15) is 0 Å². The quantitative estimate of drug-likeness (QED) is 0.472. The number of aromatic amines is 1. The molecule has 9 heteroatoms. The highest BCUT2D eigenvalue weighted by molar-refractivity contribution is 7.51. The van der Waals surface area contributed by atoms with E-state index in [0.717, 1.165) is 11.1 Å². The number of H-pyrrole nitrogens is 1. The van der Waals surface area contributed by atoms with Crippen LogP contribution in [-0.4, -0.2) is 36.7 Å². The zero-order valence-electron chi connectivity index (χ0n) is 11.9. The fourth-order valence-electron chi connectivity index (χ4n) is 1.69. The molecule has 0 aliphatic carbocycles. The Balaban J connectivity index is 2.04. The van der Waals surface area contributed by atoms with E-state index in [1.54, 1.807) is 0 Å². The van der Waals surface area contributed by atoms with E-state index in [9.17, 15) is 4.57 Å². The predicted molar refractivity (Wildman–Crippen MR) is 79.6 cm³/mol. The Bertz CT molecular complexity index is 700. The second-order valence-corrected chi connectivity index (χ2v) is 6.37. The summed E-state index contributed by atoms with van der Waals surface area (Å²) < 4.78 is 11.0. The van der Waals surface area contributed by atoms with Gasteiger partial charge in [-0.05, 0) is 19.1 Å². The van der Waals surface area contributed by atoms with Crippen LogP contribution in [0.5, 0.6) is 0 Å². The SMILES string of the molecule is Cc1ccc(C#CC[C@H](NCP(=O)(O)O)c2nn[nH]n2)cc1. The van der Waals surface area contributed by atoms with E-state index in [-0.39, 0.29) is 0 Å². The molecule has 0 fully saturated rings. The second-order valence-electron chi connectivity index (χ2n) is 4.72. The van der Waals surface area contributed by atoms with Gasteiger partial charge in [0, 0.05) is 12.0 Å². The van der Waals surface area contributed by atoms with Crippen LogP contribution in [-0.2, 0) is 4.57 Å². The first-order chi connectivity index (χ1) is 10.4. The summed E-state index contributed by atoms with van der Waals surface area (Å²) in [6.45, 7) is 2.00. The van der Waals surface area contributed by atoms with Crippen molar-refractivity contribution in [3.63, 3.8) is 0 Å². The normalized spacial score (nSPS) is 12.5. The van der Waals surface area contributed by atoms with Crippen molar-refractivity contribution in [1.29, 1.82) is 0 Å². The number of aryl methyl sites for hydroxylation is 1. The highest BCUT2D eigenvalue weighted by Gasteiger charge is 2.20. The highest BCUT2D eigenvalue weighted by atomic mass is 31.2. The predicted octanol–water partition coefficient (Wildman–Crippen LogP) is 0.716. The lowest BCUT2D eigenvalue weighted by Gasteiger charge is -2.12. The number of tetrazole rings is 1. The largest absolute Gasteiger partial charge is 0.339 e. The molecule has 22 heavy (non-hydrogen) atoms. The number of hydrogen-bond acceptors (Lipinski definition) is 5. The van der Waals surface area contributed by atoms with Crippen LogP contribution in [0.2, 0.25) is 0 Å². The van der Waals surface area contributed by atoms with Crippen LogP contribution in [0.15, 0.2) is 24.3 Å². The molecule has 1 atom stereocenters. The molecule has 8 nitrogen and oxygen atoms in total. The molecular weight excluding hydrogens is 305 g/mol. The molecule has 0 radical (unpaired) electrons. The summed E-state index contributed by atoms with van der Waals surface area (Å²) in [5.41, 5.74) is 2.02. The molecule has 0 aliphatic heterocycles. The molecule has 0 amide bonds. The lowest BCUT2D eigenvalue weighted by molar-refractivity contribution is 0.362. The van der Waals surface area contributed by atoms with Crippen molar-refractivity contribution in [1.82, 2.24) is 25.9 Å². The Morgan fingerprint density at radius 2 is 2.09 bits per heavy atom. The van der Waals surface area contributed by atoms with Crippen molar-refractivity contribution in [3.05, 3.63) is 41.2 Å². The summed E-state index contributed by atoms with van der Waals surface area (Å²) in [6, 6.07) is 7.24. The molecule has 116 valence electrons. The molecule has 0 saturated carbocycles. The summed E-state index contributed by atoms with van der Waals surface area (Å²) in [5, 5.41) is 16.1. The molecule has 1 aromatic carbocycles. The molecule has 0 spiro atoms. The minimum Gasteiger partial charge on any atom is -0.324 e. The Hall–Kier alpha value is -2.04. The van der Waals surface area contributed by atoms with E-state index >= 15 is 0 Å². The summed E-state index contributed by atoms with van der Waals surface area (Å²) in [4.78, 5) is 17.9. The monoisotopic (exact) mass is 321 g/mol. The highest BCUT2D eigenvalue weighted by Crippen LogP contribution is 2.33. The van der Waals surface area contributed by atoms with Gasteiger partial charge in [0.15, 0.2) is 5.82 Å². The van der Waals surface area contributed by atoms with Gasteiger partial charge in [-0.2, -0.15) is 5.21 Å². The molecule has 0 saturated heterocycles. The first-order valence-electron chi connectivity index (χ1n) is 6.51. The van der Waals surface area contributed by atoms with Crippen LogP contribution >= 0.6 is 7.60 Å². The van der Waals surface area contributed by atoms with Crippen molar-refractivity contribution < 1.29 is 14.4 Å². The topological polar surface area (TPSA) is 124 Å². The Morgan fingerprint density at radius 3 is 2.68 bits per heavy atom. The summed E-state index contributed by atoms with van der Waals surface area (Å²) >= 11 is 0. The van der Waals surface area contributed by atoms with Crippen molar-refractivity contribution in [2.75, 3.05) is 6.29 Å². The van der Waals surface area contributed by atoms with E-state index in [4.69, 9.17) is 9.79 Å². The van der Waals surface area contributed by atoms with Crippen molar-refractivity contribution in [2.24, 2.45) is 0 Å². The van der Waals surface area contributed by atoms with Crippen LogP contribution < -0.4 is 5.32 Å². The molecule has 2 rings (SSSR count). The van der Waals surface area contributed by atoms with E-state index in [1.165, 1.54) is 0 Å². The molecule has 1 heterocycles. The number of nitrogens with zero attached hydrogens (tertiary/aromatic N) is 3. The maximum atomic E-state index is 11.0. The smallest absolute Gasteiger partial charge is 0.324 e.